The second-order valence-electron chi connectivity index (χ2n) is 10.6. The molecule has 39 heavy (non-hydrogen) atoms. The Morgan fingerprint density at radius 3 is 1.77 bits per heavy atom. The van der Waals surface area contributed by atoms with Crippen LogP contribution < -0.4 is 0 Å². The minimum Gasteiger partial charge on any atom is -0.507 e. The molecule has 0 saturated carbocycles. The van der Waals surface area contributed by atoms with Crippen molar-refractivity contribution in [3.05, 3.63) is 73.8 Å². The highest BCUT2D eigenvalue weighted by molar-refractivity contribution is 14.1. The van der Waals surface area contributed by atoms with Gasteiger partial charge in [-0.15, -0.1) is 0 Å². The summed E-state index contributed by atoms with van der Waals surface area (Å²) in [6, 6.07) is 13.9. The molecule has 1 atom stereocenters. The Labute approximate surface area is 253 Å². The lowest BCUT2D eigenvalue weighted by molar-refractivity contribution is -0.139. The molecule has 1 saturated heterocycles. The van der Waals surface area contributed by atoms with Gasteiger partial charge in [0.1, 0.15) is 5.76 Å². The maximum absolute atomic E-state index is 13.2. The molecular weight excluding hydrogens is 621 g/mol. The first-order valence-corrected chi connectivity index (χ1v) is 16.2. The van der Waals surface area contributed by atoms with Gasteiger partial charge < -0.3 is 10.0 Å². The van der Waals surface area contributed by atoms with Crippen molar-refractivity contribution >= 4 is 51.6 Å². The van der Waals surface area contributed by atoms with Crippen molar-refractivity contribution in [1.82, 2.24) is 4.90 Å². The van der Waals surface area contributed by atoms with Crippen molar-refractivity contribution < 1.29 is 14.7 Å². The highest BCUT2D eigenvalue weighted by Gasteiger charge is 2.45. The normalized spacial score (nSPS) is 16.8. The number of benzene rings is 2. The fraction of sp³-hybridized carbons (Fsp3) is 0.515. The molecule has 0 bridgehead atoms. The molecule has 6 heteroatoms. The second kappa shape index (κ2) is 17.1. The van der Waals surface area contributed by atoms with Crippen molar-refractivity contribution in [3.8, 4) is 0 Å². The van der Waals surface area contributed by atoms with E-state index in [-0.39, 0.29) is 11.3 Å². The molecule has 0 radical (unpaired) electrons. The molecule has 0 unspecified atom stereocenters. The first-order chi connectivity index (χ1) is 18.9. The quantitative estimate of drug-likeness (QED) is 0.0603. The summed E-state index contributed by atoms with van der Waals surface area (Å²) in [5.41, 5.74) is 1.45. The third-order valence-electron chi connectivity index (χ3n) is 7.60. The van der Waals surface area contributed by atoms with Crippen molar-refractivity contribution in [3.63, 3.8) is 0 Å². The lowest BCUT2D eigenvalue weighted by atomic mass is 9.95. The maximum Gasteiger partial charge on any atom is 0.295 e. The number of halogens is 2. The number of aliphatic hydroxyl groups excluding tert-OH is 1. The van der Waals surface area contributed by atoms with Gasteiger partial charge in [-0.2, -0.15) is 0 Å². The lowest BCUT2D eigenvalue weighted by Gasteiger charge is -2.25. The van der Waals surface area contributed by atoms with Gasteiger partial charge in [-0.05, 0) is 71.0 Å². The Hall–Kier alpha value is -1.86. The molecule has 3 rings (SSSR count). The summed E-state index contributed by atoms with van der Waals surface area (Å²) in [4.78, 5) is 27.9. The molecule has 0 spiro atoms. The third-order valence-corrected chi connectivity index (χ3v) is 8.57. The van der Waals surface area contributed by atoms with Crippen molar-refractivity contribution in [2.45, 2.75) is 103 Å². The van der Waals surface area contributed by atoms with Crippen LogP contribution >= 0.6 is 34.2 Å². The van der Waals surface area contributed by atoms with Crippen molar-refractivity contribution in [2.24, 2.45) is 0 Å². The number of likely N-dealkylation sites (tertiary alicyclic amines) is 1. The highest BCUT2D eigenvalue weighted by atomic mass is 127. The topological polar surface area (TPSA) is 57.6 Å². The average molecular weight is 664 g/mol. The van der Waals surface area contributed by atoms with E-state index in [0.29, 0.717) is 17.1 Å². The SMILES string of the molecule is CCCCCCCCCCCCCCCCN1C(=O)C(=O)C(=C(O)c2ccc(Cl)cc2)[C@@H]1c1ccc(I)cc1. The van der Waals surface area contributed by atoms with E-state index in [2.05, 4.69) is 29.5 Å². The molecule has 2 aromatic rings. The standard InChI is InChI=1S/C33H43ClINO3/c1-2-3-4-5-6-7-8-9-10-11-12-13-14-15-24-36-30(25-18-22-28(35)23-19-25)29(32(38)33(36)39)31(37)26-16-20-27(34)21-17-26/h16-23,30,37H,2-15,24H2,1H3/t30-/m0/s1. The molecule has 1 N–H and O–H groups in total. The fourth-order valence-corrected chi connectivity index (χ4v) is 5.83. The molecule has 0 aliphatic carbocycles. The fourth-order valence-electron chi connectivity index (χ4n) is 5.34. The van der Waals surface area contributed by atoms with Crippen molar-refractivity contribution in [2.75, 3.05) is 6.54 Å². The zero-order valence-corrected chi connectivity index (χ0v) is 26.2. The summed E-state index contributed by atoms with van der Waals surface area (Å²) in [6.07, 6.45) is 17.7. The van der Waals surface area contributed by atoms with Crippen LogP contribution in [0.3, 0.4) is 0 Å². The Kier molecular flexibility index (Phi) is 13.9. The summed E-state index contributed by atoms with van der Waals surface area (Å²) in [7, 11) is 0. The molecule has 0 aromatic heterocycles. The summed E-state index contributed by atoms with van der Waals surface area (Å²) in [5, 5.41) is 11.7. The Morgan fingerprint density at radius 2 is 1.26 bits per heavy atom. The number of rotatable bonds is 17. The van der Waals surface area contributed by atoms with E-state index in [9.17, 15) is 14.7 Å². The predicted octanol–water partition coefficient (Wildman–Crippen LogP) is 9.85. The third kappa shape index (κ3) is 9.63. The number of carbonyl (C=O) groups is 2. The average Bonchev–Trinajstić information content (AvgIpc) is 3.18. The van der Waals surface area contributed by atoms with Gasteiger partial charge in [0.05, 0.1) is 11.6 Å². The van der Waals surface area contributed by atoms with E-state index >= 15 is 0 Å². The largest absolute Gasteiger partial charge is 0.507 e. The highest BCUT2D eigenvalue weighted by Crippen LogP contribution is 2.39. The van der Waals surface area contributed by atoms with Gasteiger partial charge in [-0.25, -0.2) is 0 Å². The molecule has 212 valence electrons. The molecule has 2 aromatic carbocycles. The zero-order valence-electron chi connectivity index (χ0n) is 23.3. The van der Waals surface area contributed by atoms with Gasteiger partial charge in [0.2, 0.25) is 0 Å². The molecule has 1 amide bonds. The second-order valence-corrected chi connectivity index (χ2v) is 12.3. The number of Topliss-reactive ketones (excluding diaryl/α,β-unsaturated/α-hetero) is 1. The first kappa shape index (κ1) is 31.7. The van der Waals surface area contributed by atoms with Crippen LogP contribution in [-0.4, -0.2) is 28.2 Å². The number of hydrogen-bond donors (Lipinski definition) is 1. The van der Waals surface area contributed by atoms with Crippen LogP contribution in [0.5, 0.6) is 0 Å². The maximum atomic E-state index is 13.2. The lowest BCUT2D eigenvalue weighted by Crippen LogP contribution is -2.30. The van der Waals surface area contributed by atoms with Gasteiger partial charge in [0.15, 0.2) is 0 Å². The van der Waals surface area contributed by atoms with Crippen LogP contribution in [0.1, 0.15) is 114 Å². The molecule has 1 heterocycles. The van der Waals surface area contributed by atoms with Gasteiger partial charge in [-0.1, -0.05) is 114 Å². The smallest absolute Gasteiger partial charge is 0.295 e. The number of carbonyl (C=O) groups excluding carboxylic acids is 2. The number of aliphatic hydroxyl groups is 1. The van der Waals surface area contributed by atoms with Crippen LogP contribution in [0.2, 0.25) is 5.02 Å². The van der Waals surface area contributed by atoms with Crippen LogP contribution in [0, 0.1) is 3.57 Å². The van der Waals surface area contributed by atoms with E-state index < -0.39 is 17.7 Å². The van der Waals surface area contributed by atoms with Crippen LogP contribution in [0.4, 0.5) is 0 Å². The predicted molar refractivity (Wildman–Crippen MR) is 170 cm³/mol. The Balaban J connectivity index is 1.52. The van der Waals surface area contributed by atoms with E-state index in [0.717, 1.165) is 28.4 Å². The molecule has 1 fully saturated rings. The van der Waals surface area contributed by atoms with Gasteiger partial charge in [-0.3, -0.25) is 9.59 Å². The minimum atomic E-state index is -0.628. The number of hydrogen-bond acceptors (Lipinski definition) is 3. The van der Waals surface area contributed by atoms with Gasteiger partial charge in [0.25, 0.3) is 11.7 Å². The summed E-state index contributed by atoms with van der Waals surface area (Å²) >= 11 is 8.25. The summed E-state index contributed by atoms with van der Waals surface area (Å²) in [6.45, 7) is 2.76. The van der Waals surface area contributed by atoms with Crippen LogP contribution in [0.15, 0.2) is 54.1 Å². The number of unbranched alkanes of at least 4 members (excludes halogenated alkanes) is 13. The van der Waals surface area contributed by atoms with Crippen LogP contribution in [-0.2, 0) is 9.59 Å². The van der Waals surface area contributed by atoms with Crippen LogP contribution in [0.25, 0.3) is 5.76 Å². The van der Waals surface area contributed by atoms with Crippen molar-refractivity contribution in [1.29, 1.82) is 0 Å². The van der Waals surface area contributed by atoms with E-state index in [4.69, 9.17) is 11.6 Å². The van der Waals surface area contributed by atoms with Gasteiger partial charge in [0, 0.05) is 20.7 Å². The van der Waals surface area contributed by atoms with Gasteiger partial charge >= 0.3 is 0 Å². The Bertz CT molecular complexity index is 1080. The molecular formula is C33H43ClINO3. The molecule has 1 aliphatic rings. The monoisotopic (exact) mass is 663 g/mol. The summed E-state index contributed by atoms with van der Waals surface area (Å²) < 4.78 is 1.07. The number of nitrogens with zero attached hydrogens (tertiary/aromatic N) is 1. The number of ketones is 1. The molecule has 4 nitrogen and oxygen atoms in total. The van der Waals surface area contributed by atoms with E-state index in [1.807, 2.05) is 24.3 Å². The summed E-state index contributed by atoms with van der Waals surface area (Å²) in [5.74, 6) is -1.32. The van der Waals surface area contributed by atoms with E-state index in [1.165, 1.54) is 70.6 Å². The zero-order chi connectivity index (χ0) is 28.0. The Morgan fingerprint density at radius 1 is 0.769 bits per heavy atom. The number of amides is 1. The minimum absolute atomic E-state index is 0.147. The molecule has 1 aliphatic heterocycles. The first-order valence-electron chi connectivity index (χ1n) is 14.7. The van der Waals surface area contributed by atoms with E-state index in [1.54, 1.807) is 29.2 Å².